The lowest BCUT2D eigenvalue weighted by atomic mass is 10.1. The summed E-state index contributed by atoms with van der Waals surface area (Å²) in [6, 6.07) is 8.23. The number of nitrogens with two attached hydrogens (primary N) is 1. The van der Waals surface area contributed by atoms with Gasteiger partial charge in [-0.1, -0.05) is 12.1 Å². The van der Waals surface area contributed by atoms with Crippen molar-refractivity contribution in [2.24, 2.45) is 5.73 Å². The molecule has 0 aliphatic rings. The van der Waals surface area contributed by atoms with Crippen molar-refractivity contribution in [2.75, 3.05) is 6.26 Å². The summed E-state index contributed by atoms with van der Waals surface area (Å²) < 4.78 is 0. The zero-order valence-electron chi connectivity index (χ0n) is 10.8. The number of nitrogens with zero attached hydrogens (tertiary/aromatic N) is 2. The van der Waals surface area contributed by atoms with Crippen molar-refractivity contribution in [1.29, 1.82) is 0 Å². The summed E-state index contributed by atoms with van der Waals surface area (Å²) in [4.78, 5) is 10.1. The first-order chi connectivity index (χ1) is 8.61. The second-order valence-electron chi connectivity index (χ2n) is 4.25. The number of hydrogen-bond donors (Lipinski definition) is 1. The molecule has 0 saturated heterocycles. The maximum atomic E-state index is 5.86. The molecular formula is C14H17N3S. The van der Waals surface area contributed by atoms with Gasteiger partial charge in [0, 0.05) is 34.0 Å². The van der Waals surface area contributed by atoms with Crippen LogP contribution in [0.4, 0.5) is 0 Å². The van der Waals surface area contributed by atoms with Gasteiger partial charge in [-0.3, -0.25) is 0 Å². The minimum Gasteiger partial charge on any atom is -0.324 e. The highest BCUT2D eigenvalue weighted by Crippen LogP contribution is 2.22. The van der Waals surface area contributed by atoms with Gasteiger partial charge in [-0.05, 0) is 32.2 Å². The average Bonchev–Trinajstić information content (AvgIpc) is 2.38. The molecule has 2 rings (SSSR count). The summed E-state index contributed by atoms with van der Waals surface area (Å²) in [5, 5.41) is 0. The highest BCUT2D eigenvalue weighted by atomic mass is 32.2. The van der Waals surface area contributed by atoms with E-state index in [9.17, 15) is 0 Å². The van der Waals surface area contributed by atoms with Crippen molar-refractivity contribution < 1.29 is 0 Å². The molecule has 4 heteroatoms. The van der Waals surface area contributed by atoms with Gasteiger partial charge in [0.15, 0.2) is 5.82 Å². The van der Waals surface area contributed by atoms with Crippen LogP contribution < -0.4 is 5.73 Å². The molecule has 2 aromatic rings. The standard InChI is InChI=1S/C14H17N3S/c1-9(15)13-8-16-14(17-10(13)2)11-4-6-12(18-3)7-5-11/h4-9H,15H2,1-3H3/t9-/m0/s1. The lowest BCUT2D eigenvalue weighted by Crippen LogP contribution is -2.09. The predicted octanol–water partition coefficient (Wildman–Crippen LogP) is 3.19. The first-order valence-corrected chi connectivity index (χ1v) is 7.08. The van der Waals surface area contributed by atoms with E-state index in [1.807, 2.05) is 32.2 Å². The van der Waals surface area contributed by atoms with Crippen molar-refractivity contribution in [2.45, 2.75) is 24.8 Å². The van der Waals surface area contributed by atoms with Crippen LogP contribution in [0.5, 0.6) is 0 Å². The molecule has 0 spiro atoms. The molecule has 18 heavy (non-hydrogen) atoms. The molecule has 3 nitrogen and oxygen atoms in total. The molecular weight excluding hydrogens is 242 g/mol. The third kappa shape index (κ3) is 2.71. The molecule has 94 valence electrons. The Morgan fingerprint density at radius 1 is 1.22 bits per heavy atom. The van der Waals surface area contributed by atoms with Gasteiger partial charge in [0.1, 0.15) is 0 Å². The Labute approximate surface area is 112 Å². The number of aromatic nitrogens is 2. The van der Waals surface area contributed by atoms with E-state index in [0.717, 1.165) is 22.6 Å². The van der Waals surface area contributed by atoms with Crippen molar-refractivity contribution in [3.05, 3.63) is 41.7 Å². The Hall–Kier alpha value is -1.39. The lowest BCUT2D eigenvalue weighted by Gasteiger charge is -2.09. The Bertz CT molecular complexity index is 535. The number of thioether (sulfide) groups is 1. The maximum absolute atomic E-state index is 5.86. The molecule has 0 amide bonds. The summed E-state index contributed by atoms with van der Waals surface area (Å²) in [6.07, 6.45) is 3.89. The summed E-state index contributed by atoms with van der Waals surface area (Å²) in [7, 11) is 0. The monoisotopic (exact) mass is 259 g/mol. The predicted molar refractivity (Wildman–Crippen MR) is 76.6 cm³/mol. The van der Waals surface area contributed by atoms with Gasteiger partial charge in [-0.2, -0.15) is 0 Å². The number of aryl methyl sites for hydroxylation is 1. The summed E-state index contributed by atoms with van der Waals surface area (Å²) in [6.45, 7) is 3.92. The van der Waals surface area contributed by atoms with Gasteiger partial charge in [-0.25, -0.2) is 9.97 Å². The largest absolute Gasteiger partial charge is 0.324 e. The Kier molecular flexibility index (Phi) is 3.99. The van der Waals surface area contributed by atoms with Gasteiger partial charge < -0.3 is 5.73 Å². The van der Waals surface area contributed by atoms with Gasteiger partial charge in [-0.15, -0.1) is 11.8 Å². The Morgan fingerprint density at radius 2 is 1.89 bits per heavy atom. The van der Waals surface area contributed by atoms with Gasteiger partial charge >= 0.3 is 0 Å². The van der Waals surface area contributed by atoms with Crippen LogP contribution in [0.3, 0.4) is 0 Å². The quantitative estimate of drug-likeness (QED) is 0.860. The fourth-order valence-corrected chi connectivity index (χ4v) is 2.21. The van der Waals surface area contributed by atoms with Crippen LogP contribution in [0, 0.1) is 6.92 Å². The fourth-order valence-electron chi connectivity index (χ4n) is 1.80. The van der Waals surface area contributed by atoms with Crippen molar-refractivity contribution in [3.8, 4) is 11.4 Å². The van der Waals surface area contributed by atoms with Crippen molar-refractivity contribution >= 4 is 11.8 Å². The average molecular weight is 259 g/mol. The molecule has 0 aliphatic heterocycles. The second kappa shape index (κ2) is 5.50. The normalized spacial score (nSPS) is 12.4. The van der Waals surface area contributed by atoms with Gasteiger partial charge in [0.2, 0.25) is 0 Å². The molecule has 1 aromatic heterocycles. The Morgan fingerprint density at radius 3 is 2.39 bits per heavy atom. The summed E-state index contributed by atoms with van der Waals surface area (Å²) >= 11 is 1.72. The molecule has 0 unspecified atom stereocenters. The third-order valence-corrected chi connectivity index (χ3v) is 3.60. The Balaban J connectivity index is 2.36. The molecule has 1 aromatic carbocycles. The minimum absolute atomic E-state index is 0.0297. The van der Waals surface area contributed by atoms with E-state index < -0.39 is 0 Å². The molecule has 0 aliphatic carbocycles. The van der Waals surface area contributed by atoms with E-state index in [1.54, 1.807) is 11.8 Å². The SMILES string of the molecule is CSc1ccc(-c2ncc([C@H](C)N)c(C)n2)cc1. The number of hydrogen-bond acceptors (Lipinski definition) is 4. The van der Waals surface area contributed by atoms with Crippen LogP contribution >= 0.6 is 11.8 Å². The van der Waals surface area contributed by atoms with Crippen LogP contribution in [0.1, 0.15) is 24.2 Å². The molecule has 0 fully saturated rings. The molecule has 0 saturated carbocycles. The van der Waals surface area contributed by atoms with Crippen LogP contribution in [0.15, 0.2) is 35.4 Å². The maximum Gasteiger partial charge on any atom is 0.159 e. The van der Waals surface area contributed by atoms with Crippen LogP contribution in [-0.2, 0) is 0 Å². The van der Waals surface area contributed by atoms with Gasteiger partial charge in [0.05, 0.1) is 0 Å². The van der Waals surface area contributed by atoms with E-state index in [-0.39, 0.29) is 6.04 Å². The fraction of sp³-hybridized carbons (Fsp3) is 0.286. The molecule has 0 radical (unpaired) electrons. The summed E-state index contributed by atoms with van der Waals surface area (Å²) in [5.41, 5.74) is 8.84. The zero-order valence-corrected chi connectivity index (χ0v) is 11.7. The van der Waals surface area contributed by atoms with E-state index >= 15 is 0 Å². The topological polar surface area (TPSA) is 51.8 Å². The van der Waals surface area contributed by atoms with Crippen LogP contribution in [0.2, 0.25) is 0 Å². The molecule has 1 atom stereocenters. The van der Waals surface area contributed by atoms with Crippen molar-refractivity contribution in [3.63, 3.8) is 0 Å². The van der Waals surface area contributed by atoms with Gasteiger partial charge in [0.25, 0.3) is 0 Å². The lowest BCUT2D eigenvalue weighted by molar-refractivity contribution is 0.790. The molecule has 2 N–H and O–H groups in total. The van der Waals surface area contributed by atoms with E-state index in [1.165, 1.54) is 4.90 Å². The summed E-state index contributed by atoms with van der Waals surface area (Å²) in [5.74, 6) is 0.754. The molecule has 0 bridgehead atoms. The number of rotatable bonds is 3. The van der Waals surface area contributed by atoms with Crippen LogP contribution in [0.25, 0.3) is 11.4 Å². The highest BCUT2D eigenvalue weighted by Gasteiger charge is 2.08. The third-order valence-electron chi connectivity index (χ3n) is 2.86. The first kappa shape index (κ1) is 13.1. The smallest absolute Gasteiger partial charge is 0.159 e. The number of benzene rings is 1. The minimum atomic E-state index is -0.0297. The van der Waals surface area contributed by atoms with Crippen molar-refractivity contribution in [1.82, 2.24) is 9.97 Å². The second-order valence-corrected chi connectivity index (χ2v) is 5.13. The van der Waals surface area contributed by atoms with E-state index in [4.69, 9.17) is 5.73 Å². The van der Waals surface area contributed by atoms with E-state index in [0.29, 0.717) is 0 Å². The molecule has 1 heterocycles. The van der Waals surface area contributed by atoms with E-state index in [2.05, 4.69) is 28.4 Å². The highest BCUT2D eigenvalue weighted by molar-refractivity contribution is 7.98. The van der Waals surface area contributed by atoms with Crippen LogP contribution in [-0.4, -0.2) is 16.2 Å². The first-order valence-electron chi connectivity index (χ1n) is 5.85. The zero-order chi connectivity index (χ0) is 13.1.